The number of hydrogen-bond donors (Lipinski definition) is 2. The SMILES string of the molecule is O=C1NC(Nc2ccccc2F)S/C1=C\c1cn(Cc2ccccc2)c2ccccc12. The Morgan fingerprint density at radius 2 is 1.74 bits per heavy atom. The Hall–Kier alpha value is -3.51. The van der Waals surface area contributed by atoms with Crippen LogP contribution in [0, 0.1) is 5.82 Å². The Kier molecular flexibility index (Phi) is 5.22. The molecule has 1 fully saturated rings. The number of para-hydroxylation sites is 2. The van der Waals surface area contributed by atoms with Gasteiger partial charge in [-0.15, -0.1) is 0 Å². The predicted octanol–water partition coefficient (Wildman–Crippen LogP) is 5.43. The third kappa shape index (κ3) is 4.07. The number of thioether (sulfide) groups is 1. The van der Waals surface area contributed by atoms with Crippen LogP contribution in [0.2, 0.25) is 0 Å². The lowest BCUT2D eigenvalue weighted by Gasteiger charge is -2.12. The highest BCUT2D eigenvalue weighted by Crippen LogP contribution is 2.33. The van der Waals surface area contributed by atoms with Gasteiger partial charge in [0.1, 0.15) is 5.82 Å². The summed E-state index contributed by atoms with van der Waals surface area (Å²) < 4.78 is 16.1. The molecule has 1 atom stereocenters. The molecule has 0 spiro atoms. The minimum Gasteiger partial charge on any atom is -0.354 e. The van der Waals surface area contributed by atoms with Crippen molar-refractivity contribution < 1.29 is 9.18 Å². The Bertz CT molecular complexity index is 1280. The van der Waals surface area contributed by atoms with E-state index in [1.165, 1.54) is 23.4 Å². The molecule has 31 heavy (non-hydrogen) atoms. The third-order valence-electron chi connectivity index (χ3n) is 5.19. The number of halogens is 1. The van der Waals surface area contributed by atoms with Crippen molar-refractivity contribution in [2.75, 3.05) is 5.32 Å². The Morgan fingerprint density at radius 1 is 1.00 bits per heavy atom. The second-order valence-electron chi connectivity index (χ2n) is 7.32. The van der Waals surface area contributed by atoms with Crippen molar-refractivity contribution in [3.63, 3.8) is 0 Å². The van der Waals surface area contributed by atoms with Crippen LogP contribution in [0.25, 0.3) is 17.0 Å². The molecular weight excluding hydrogens is 409 g/mol. The third-order valence-corrected chi connectivity index (χ3v) is 6.22. The molecule has 1 aliphatic rings. The van der Waals surface area contributed by atoms with E-state index < -0.39 is 5.50 Å². The smallest absolute Gasteiger partial charge is 0.260 e. The van der Waals surface area contributed by atoms with Crippen LogP contribution in [0.3, 0.4) is 0 Å². The van der Waals surface area contributed by atoms with Crippen LogP contribution in [0.4, 0.5) is 10.1 Å². The Morgan fingerprint density at radius 3 is 2.58 bits per heavy atom. The number of hydrogen-bond acceptors (Lipinski definition) is 3. The van der Waals surface area contributed by atoms with Crippen LogP contribution in [0.1, 0.15) is 11.1 Å². The lowest BCUT2D eigenvalue weighted by Crippen LogP contribution is -2.31. The van der Waals surface area contributed by atoms with Crippen molar-refractivity contribution in [3.05, 3.63) is 107 Å². The van der Waals surface area contributed by atoms with Gasteiger partial charge in [0.25, 0.3) is 5.91 Å². The first-order valence-corrected chi connectivity index (χ1v) is 10.9. The summed E-state index contributed by atoms with van der Waals surface area (Å²) in [6.07, 6.45) is 3.99. The predicted molar refractivity (Wildman–Crippen MR) is 125 cm³/mol. The molecule has 6 heteroatoms. The highest BCUT2D eigenvalue weighted by molar-refractivity contribution is 8.05. The molecule has 4 nitrogen and oxygen atoms in total. The normalized spacial score (nSPS) is 17.3. The molecule has 1 aliphatic heterocycles. The van der Waals surface area contributed by atoms with Gasteiger partial charge in [-0.2, -0.15) is 0 Å². The van der Waals surface area contributed by atoms with Gasteiger partial charge in [0.15, 0.2) is 5.50 Å². The summed E-state index contributed by atoms with van der Waals surface area (Å²) in [5.74, 6) is -0.516. The average molecular weight is 430 g/mol. The molecule has 0 radical (unpaired) electrons. The minimum absolute atomic E-state index is 0.168. The van der Waals surface area contributed by atoms with Crippen LogP contribution < -0.4 is 10.6 Å². The minimum atomic E-state index is -0.423. The van der Waals surface area contributed by atoms with Crippen molar-refractivity contribution in [2.24, 2.45) is 0 Å². The summed E-state index contributed by atoms with van der Waals surface area (Å²) in [7, 11) is 0. The lowest BCUT2D eigenvalue weighted by atomic mass is 10.1. The van der Waals surface area contributed by atoms with Crippen LogP contribution in [-0.2, 0) is 11.3 Å². The lowest BCUT2D eigenvalue weighted by molar-refractivity contribution is -0.116. The number of carbonyl (C=O) groups excluding carboxylic acids is 1. The fourth-order valence-corrected chi connectivity index (χ4v) is 4.69. The van der Waals surface area contributed by atoms with Gasteiger partial charge < -0.3 is 15.2 Å². The second kappa shape index (κ2) is 8.32. The molecule has 0 aliphatic carbocycles. The van der Waals surface area contributed by atoms with Gasteiger partial charge in [-0.3, -0.25) is 4.79 Å². The van der Waals surface area contributed by atoms with Gasteiger partial charge in [0.2, 0.25) is 0 Å². The zero-order valence-electron chi connectivity index (χ0n) is 16.6. The van der Waals surface area contributed by atoms with Gasteiger partial charge in [0, 0.05) is 29.2 Å². The van der Waals surface area contributed by atoms with Crippen molar-refractivity contribution in [2.45, 2.75) is 12.0 Å². The van der Waals surface area contributed by atoms with Crippen molar-refractivity contribution in [1.29, 1.82) is 0 Å². The molecule has 5 rings (SSSR count). The second-order valence-corrected chi connectivity index (χ2v) is 8.47. The number of nitrogens with one attached hydrogen (secondary N) is 2. The van der Waals surface area contributed by atoms with Gasteiger partial charge in [0.05, 0.1) is 10.6 Å². The van der Waals surface area contributed by atoms with E-state index in [4.69, 9.17) is 0 Å². The van der Waals surface area contributed by atoms with Crippen LogP contribution >= 0.6 is 11.8 Å². The fraction of sp³-hybridized carbons (Fsp3) is 0.0800. The summed E-state index contributed by atoms with van der Waals surface area (Å²) in [5.41, 5.74) is 3.25. The van der Waals surface area contributed by atoms with Crippen LogP contribution in [0.5, 0.6) is 0 Å². The molecule has 3 aromatic carbocycles. The summed E-state index contributed by atoms with van der Waals surface area (Å²) in [6.45, 7) is 0.751. The number of benzene rings is 3. The first-order chi connectivity index (χ1) is 15.2. The average Bonchev–Trinajstić information content (AvgIpc) is 3.31. The standard InChI is InChI=1S/C25H20FN3OS/c26-20-11-5-6-12-21(20)27-25-28-24(30)23(31-25)14-18-16-29(15-17-8-2-1-3-9-17)22-13-7-4-10-19(18)22/h1-14,16,25,27H,15H2,(H,28,30)/b23-14-. The largest absolute Gasteiger partial charge is 0.354 e. The molecule has 1 unspecified atom stereocenters. The maximum Gasteiger partial charge on any atom is 0.260 e. The van der Waals surface area contributed by atoms with E-state index >= 15 is 0 Å². The number of rotatable bonds is 5. The molecule has 0 saturated carbocycles. The van der Waals surface area contributed by atoms with E-state index in [1.807, 2.05) is 36.4 Å². The first-order valence-electron chi connectivity index (χ1n) is 9.99. The summed E-state index contributed by atoms with van der Waals surface area (Å²) in [6, 6.07) is 24.9. The molecule has 1 aromatic heterocycles. The van der Waals surface area contributed by atoms with E-state index in [0.29, 0.717) is 10.6 Å². The molecular formula is C25H20FN3OS. The van der Waals surface area contributed by atoms with E-state index in [-0.39, 0.29) is 11.7 Å². The quantitative estimate of drug-likeness (QED) is 0.416. The summed E-state index contributed by atoms with van der Waals surface area (Å²) >= 11 is 1.35. The number of amides is 1. The zero-order chi connectivity index (χ0) is 21.2. The van der Waals surface area contributed by atoms with Crippen molar-refractivity contribution in [3.8, 4) is 0 Å². The van der Waals surface area contributed by atoms with Gasteiger partial charge >= 0.3 is 0 Å². The summed E-state index contributed by atoms with van der Waals surface area (Å²) in [5, 5.41) is 6.99. The molecule has 2 heterocycles. The van der Waals surface area contributed by atoms with E-state index in [2.05, 4.69) is 45.7 Å². The van der Waals surface area contributed by atoms with E-state index in [9.17, 15) is 9.18 Å². The van der Waals surface area contributed by atoms with E-state index in [0.717, 1.165) is 23.0 Å². The monoisotopic (exact) mass is 429 g/mol. The maximum atomic E-state index is 13.9. The number of nitrogens with zero attached hydrogens (tertiary/aromatic N) is 1. The number of fused-ring (bicyclic) bond motifs is 1. The molecule has 1 saturated heterocycles. The highest BCUT2D eigenvalue weighted by Gasteiger charge is 2.28. The molecule has 4 aromatic rings. The van der Waals surface area contributed by atoms with Crippen LogP contribution in [0.15, 0.2) is 90.0 Å². The van der Waals surface area contributed by atoms with Gasteiger partial charge in [-0.25, -0.2) is 4.39 Å². The van der Waals surface area contributed by atoms with Gasteiger partial charge in [-0.1, -0.05) is 72.4 Å². The fourth-order valence-electron chi connectivity index (χ4n) is 3.73. The Labute approximate surface area is 183 Å². The molecule has 2 N–H and O–H groups in total. The Balaban J connectivity index is 1.43. The van der Waals surface area contributed by atoms with E-state index in [1.54, 1.807) is 18.2 Å². The number of carbonyl (C=O) groups is 1. The summed E-state index contributed by atoms with van der Waals surface area (Å²) in [4.78, 5) is 13.2. The molecule has 1 amide bonds. The molecule has 154 valence electrons. The first kappa shape index (κ1) is 19.5. The van der Waals surface area contributed by atoms with Crippen LogP contribution in [-0.4, -0.2) is 16.0 Å². The van der Waals surface area contributed by atoms with Crippen molar-refractivity contribution in [1.82, 2.24) is 9.88 Å². The number of aromatic nitrogens is 1. The molecule has 0 bridgehead atoms. The number of anilines is 1. The topological polar surface area (TPSA) is 46.1 Å². The maximum absolute atomic E-state index is 13.9. The van der Waals surface area contributed by atoms with Gasteiger partial charge in [-0.05, 0) is 29.8 Å². The van der Waals surface area contributed by atoms with Crippen molar-refractivity contribution >= 4 is 40.3 Å². The highest BCUT2D eigenvalue weighted by atomic mass is 32.2. The zero-order valence-corrected chi connectivity index (χ0v) is 17.4.